The topological polar surface area (TPSA) is 67.2 Å². The molecule has 1 aliphatic heterocycles. The lowest BCUT2D eigenvalue weighted by Crippen LogP contribution is -2.39. The summed E-state index contributed by atoms with van der Waals surface area (Å²) >= 11 is 0. The van der Waals surface area contributed by atoms with E-state index >= 15 is 0 Å². The van der Waals surface area contributed by atoms with E-state index in [0.29, 0.717) is 19.6 Å². The van der Waals surface area contributed by atoms with E-state index in [0.717, 1.165) is 36.8 Å². The molecule has 2 aromatic rings. The molecule has 0 spiro atoms. The molecule has 1 aliphatic rings. The molecule has 7 heteroatoms. The summed E-state index contributed by atoms with van der Waals surface area (Å²) in [6, 6.07) is 7.94. The summed E-state index contributed by atoms with van der Waals surface area (Å²) in [6.45, 7) is 2.48. The zero-order valence-corrected chi connectivity index (χ0v) is 12.7. The highest BCUT2D eigenvalue weighted by atomic mass is 32.2. The fourth-order valence-electron chi connectivity index (χ4n) is 2.66. The van der Waals surface area contributed by atoms with Gasteiger partial charge in [-0.2, -0.15) is 12.7 Å². The fourth-order valence-corrected chi connectivity index (χ4v) is 3.98. The Morgan fingerprint density at radius 2 is 1.95 bits per heavy atom. The number of hydrogen-bond acceptors (Lipinski definition) is 3. The van der Waals surface area contributed by atoms with Crippen molar-refractivity contribution in [2.45, 2.75) is 25.8 Å². The second-order valence-electron chi connectivity index (χ2n) is 5.29. The number of aromatic nitrogens is 2. The van der Waals surface area contributed by atoms with Crippen molar-refractivity contribution >= 4 is 21.2 Å². The van der Waals surface area contributed by atoms with Gasteiger partial charge in [-0.3, -0.25) is 0 Å². The minimum absolute atomic E-state index is 0.450. The maximum absolute atomic E-state index is 12.0. The predicted molar refractivity (Wildman–Crippen MR) is 82.1 cm³/mol. The van der Waals surface area contributed by atoms with Crippen molar-refractivity contribution < 1.29 is 8.42 Å². The van der Waals surface area contributed by atoms with Crippen LogP contribution in [-0.4, -0.2) is 41.9 Å². The van der Waals surface area contributed by atoms with Crippen LogP contribution in [0.4, 0.5) is 0 Å². The van der Waals surface area contributed by atoms with Crippen LogP contribution in [0.25, 0.3) is 11.0 Å². The van der Waals surface area contributed by atoms with E-state index in [2.05, 4.69) is 14.3 Å². The lowest BCUT2D eigenvalue weighted by atomic mass is 10.3. The van der Waals surface area contributed by atoms with Gasteiger partial charge in [0.25, 0.3) is 10.2 Å². The summed E-state index contributed by atoms with van der Waals surface area (Å²) in [5.74, 6) is 0. The Hall–Kier alpha value is -1.44. The molecule has 6 nitrogen and oxygen atoms in total. The van der Waals surface area contributed by atoms with Crippen LogP contribution in [0.15, 0.2) is 30.6 Å². The molecule has 2 heterocycles. The predicted octanol–water partition coefficient (Wildman–Crippen LogP) is 1.36. The van der Waals surface area contributed by atoms with Gasteiger partial charge in [0.15, 0.2) is 0 Å². The van der Waals surface area contributed by atoms with Crippen LogP contribution < -0.4 is 4.72 Å². The molecule has 0 atom stereocenters. The van der Waals surface area contributed by atoms with Crippen LogP contribution in [0.1, 0.15) is 19.3 Å². The van der Waals surface area contributed by atoms with Gasteiger partial charge in [0.2, 0.25) is 0 Å². The van der Waals surface area contributed by atoms with Crippen molar-refractivity contribution in [1.29, 1.82) is 0 Å². The summed E-state index contributed by atoms with van der Waals surface area (Å²) in [6.07, 6.45) is 4.47. The minimum Gasteiger partial charge on any atom is -0.331 e. The van der Waals surface area contributed by atoms with E-state index in [1.165, 1.54) is 4.31 Å². The van der Waals surface area contributed by atoms with Crippen molar-refractivity contribution in [2.24, 2.45) is 0 Å². The van der Waals surface area contributed by atoms with Gasteiger partial charge < -0.3 is 4.57 Å². The number of hydrogen-bond donors (Lipinski definition) is 1. The Labute approximate surface area is 125 Å². The third kappa shape index (κ3) is 3.25. The molecular weight excluding hydrogens is 288 g/mol. The molecule has 1 aromatic carbocycles. The van der Waals surface area contributed by atoms with Gasteiger partial charge in [-0.25, -0.2) is 9.71 Å². The van der Waals surface area contributed by atoms with E-state index in [4.69, 9.17) is 0 Å². The van der Waals surface area contributed by atoms with Gasteiger partial charge in [-0.05, 0) is 31.4 Å². The van der Waals surface area contributed by atoms with Gasteiger partial charge in [0, 0.05) is 26.2 Å². The first-order valence-corrected chi connectivity index (χ1v) is 8.75. The zero-order chi connectivity index (χ0) is 14.7. The van der Waals surface area contributed by atoms with E-state index in [9.17, 15) is 8.42 Å². The highest BCUT2D eigenvalue weighted by molar-refractivity contribution is 7.87. The molecule has 1 saturated heterocycles. The highest BCUT2D eigenvalue weighted by Gasteiger charge is 2.24. The monoisotopic (exact) mass is 308 g/mol. The first-order valence-electron chi connectivity index (χ1n) is 7.31. The van der Waals surface area contributed by atoms with Crippen molar-refractivity contribution in [2.75, 3.05) is 19.6 Å². The zero-order valence-electron chi connectivity index (χ0n) is 11.9. The number of fused-ring (bicyclic) bond motifs is 1. The molecule has 0 saturated carbocycles. The average molecular weight is 308 g/mol. The number of nitrogens with zero attached hydrogens (tertiary/aromatic N) is 3. The standard InChI is InChI=1S/C14H20N4O2S/c19-21(20,18-10-3-4-11-18)16-8-5-9-17-12-15-13-6-1-2-7-14(13)17/h1-2,6-7,12,16H,3-5,8-11H2. The van der Waals surface area contributed by atoms with Crippen molar-refractivity contribution in [1.82, 2.24) is 18.6 Å². The first-order chi connectivity index (χ1) is 10.2. The van der Waals surface area contributed by atoms with E-state index in [-0.39, 0.29) is 0 Å². The van der Waals surface area contributed by atoms with Gasteiger partial charge in [0.1, 0.15) is 0 Å². The van der Waals surface area contributed by atoms with Crippen LogP contribution >= 0.6 is 0 Å². The van der Waals surface area contributed by atoms with Crippen LogP contribution in [-0.2, 0) is 16.8 Å². The van der Waals surface area contributed by atoms with Crippen LogP contribution in [0, 0.1) is 0 Å². The van der Waals surface area contributed by atoms with Crippen molar-refractivity contribution in [3.8, 4) is 0 Å². The highest BCUT2D eigenvalue weighted by Crippen LogP contribution is 2.13. The molecule has 0 aliphatic carbocycles. The van der Waals surface area contributed by atoms with Gasteiger partial charge in [-0.15, -0.1) is 0 Å². The van der Waals surface area contributed by atoms with E-state index in [1.807, 2.05) is 24.3 Å². The summed E-state index contributed by atoms with van der Waals surface area (Å²) in [5, 5.41) is 0. The van der Waals surface area contributed by atoms with Crippen LogP contribution in [0.2, 0.25) is 0 Å². The van der Waals surface area contributed by atoms with Gasteiger partial charge in [0.05, 0.1) is 17.4 Å². The third-order valence-corrected chi connectivity index (χ3v) is 5.41. The van der Waals surface area contributed by atoms with Gasteiger partial charge >= 0.3 is 0 Å². The summed E-state index contributed by atoms with van der Waals surface area (Å²) in [5.41, 5.74) is 2.05. The van der Waals surface area contributed by atoms with Crippen molar-refractivity contribution in [3.05, 3.63) is 30.6 Å². The Morgan fingerprint density at radius 1 is 1.19 bits per heavy atom. The Morgan fingerprint density at radius 3 is 2.76 bits per heavy atom. The van der Waals surface area contributed by atoms with Crippen LogP contribution in [0.3, 0.4) is 0 Å². The molecule has 1 aromatic heterocycles. The molecule has 0 bridgehead atoms. The van der Waals surface area contributed by atoms with Crippen LogP contribution in [0.5, 0.6) is 0 Å². The molecule has 0 unspecified atom stereocenters. The molecule has 21 heavy (non-hydrogen) atoms. The Kier molecular flexibility index (Phi) is 4.23. The maximum Gasteiger partial charge on any atom is 0.279 e. The molecule has 3 rings (SSSR count). The second kappa shape index (κ2) is 6.13. The lowest BCUT2D eigenvalue weighted by molar-refractivity contribution is 0.462. The van der Waals surface area contributed by atoms with E-state index < -0.39 is 10.2 Å². The molecule has 114 valence electrons. The smallest absolute Gasteiger partial charge is 0.279 e. The van der Waals surface area contributed by atoms with Gasteiger partial charge in [-0.1, -0.05) is 12.1 Å². The molecular formula is C14H20N4O2S. The normalized spacial score (nSPS) is 16.8. The number of aryl methyl sites for hydroxylation is 1. The third-order valence-electron chi connectivity index (χ3n) is 3.79. The second-order valence-corrected chi connectivity index (χ2v) is 7.04. The largest absolute Gasteiger partial charge is 0.331 e. The number of nitrogens with one attached hydrogen (secondary N) is 1. The first kappa shape index (κ1) is 14.5. The van der Waals surface area contributed by atoms with Crippen molar-refractivity contribution in [3.63, 3.8) is 0 Å². The number of para-hydroxylation sites is 2. The molecule has 0 amide bonds. The summed E-state index contributed by atoms with van der Waals surface area (Å²) in [4.78, 5) is 4.33. The summed E-state index contributed by atoms with van der Waals surface area (Å²) < 4.78 is 30.3. The fraction of sp³-hybridized carbons (Fsp3) is 0.500. The SMILES string of the molecule is O=S(=O)(NCCCn1cnc2ccccc21)N1CCCC1. The average Bonchev–Trinajstić information content (AvgIpc) is 3.14. The Bertz CT molecular complexity index is 705. The maximum atomic E-state index is 12.0. The molecule has 0 radical (unpaired) electrons. The molecule has 1 N–H and O–H groups in total. The quantitative estimate of drug-likeness (QED) is 0.819. The number of rotatable bonds is 6. The lowest BCUT2D eigenvalue weighted by Gasteiger charge is -2.16. The van der Waals surface area contributed by atoms with E-state index in [1.54, 1.807) is 6.33 Å². The summed E-state index contributed by atoms with van der Waals surface area (Å²) in [7, 11) is -3.29. The number of benzene rings is 1. The number of imidazole rings is 1. The molecule has 1 fully saturated rings. The Balaban J connectivity index is 1.52. The minimum atomic E-state index is -3.29.